The Balaban J connectivity index is 1.47. The number of aryl methyl sites for hydroxylation is 2. The molecule has 1 N–H and O–H groups in total. The molecule has 0 radical (unpaired) electrons. The first-order chi connectivity index (χ1) is 16.5. The molecule has 2 aromatic carbocycles. The Morgan fingerprint density at radius 3 is 2.38 bits per heavy atom. The lowest BCUT2D eigenvalue weighted by Crippen LogP contribution is -2.49. The number of thiocarbonyl (C=S) groups is 1. The van der Waals surface area contributed by atoms with Gasteiger partial charge in [-0.1, -0.05) is 54.6 Å². The van der Waals surface area contributed by atoms with Crippen LogP contribution in [-0.4, -0.2) is 53.7 Å². The number of piperazine rings is 1. The number of thiophene rings is 1. The van der Waals surface area contributed by atoms with Crippen molar-refractivity contribution in [1.29, 1.82) is 0 Å². The van der Waals surface area contributed by atoms with Crippen molar-refractivity contribution in [2.45, 2.75) is 27.3 Å². The minimum Gasteiger partial charge on any atom is -0.462 e. The van der Waals surface area contributed by atoms with E-state index in [4.69, 9.17) is 17.0 Å². The largest absolute Gasteiger partial charge is 0.462 e. The standard InChI is InChI=1S/C27H31N3O2S2/c1-4-32-26(31)24-23(21-11-6-5-7-12-21)20(3)34-25(24)28-27(33)30-16-14-29(15-17-30)18-22-13-9-8-10-19(22)2/h5-13H,4,14-18H2,1-3H3,(H,28,33). The Morgan fingerprint density at radius 1 is 1.03 bits per heavy atom. The molecule has 2 heterocycles. The molecule has 178 valence electrons. The van der Waals surface area contributed by atoms with Crippen LogP contribution in [0.25, 0.3) is 11.1 Å². The van der Waals surface area contributed by atoms with Gasteiger partial charge in [-0.3, -0.25) is 4.90 Å². The molecule has 1 aliphatic rings. The molecule has 34 heavy (non-hydrogen) atoms. The number of hydrogen-bond acceptors (Lipinski definition) is 5. The normalized spacial score (nSPS) is 14.1. The maximum absolute atomic E-state index is 13.0. The zero-order valence-electron chi connectivity index (χ0n) is 20.0. The molecule has 1 aromatic heterocycles. The lowest BCUT2D eigenvalue weighted by atomic mass is 10.0. The first-order valence-corrected chi connectivity index (χ1v) is 12.9. The van der Waals surface area contributed by atoms with Crippen LogP contribution in [0, 0.1) is 13.8 Å². The lowest BCUT2D eigenvalue weighted by molar-refractivity contribution is 0.0529. The second kappa shape index (κ2) is 11.1. The average molecular weight is 494 g/mol. The van der Waals surface area contributed by atoms with E-state index in [0.717, 1.165) is 53.7 Å². The molecule has 1 saturated heterocycles. The van der Waals surface area contributed by atoms with E-state index < -0.39 is 0 Å². The maximum Gasteiger partial charge on any atom is 0.341 e. The smallest absolute Gasteiger partial charge is 0.341 e. The van der Waals surface area contributed by atoms with Gasteiger partial charge < -0.3 is 15.0 Å². The van der Waals surface area contributed by atoms with Crippen LogP contribution in [0.5, 0.6) is 0 Å². The van der Waals surface area contributed by atoms with Gasteiger partial charge in [0.15, 0.2) is 5.11 Å². The highest BCUT2D eigenvalue weighted by atomic mass is 32.1. The lowest BCUT2D eigenvalue weighted by Gasteiger charge is -2.36. The highest BCUT2D eigenvalue weighted by Crippen LogP contribution is 2.40. The van der Waals surface area contributed by atoms with Crippen LogP contribution in [0.15, 0.2) is 54.6 Å². The van der Waals surface area contributed by atoms with Gasteiger partial charge in [0, 0.05) is 43.2 Å². The molecule has 3 aromatic rings. The quantitative estimate of drug-likeness (QED) is 0.350. The van der Waals surface area contributed by atoms with Crippen molar-refractivity contribution in [3.05, 3.63) is 76.2 Å². The van der Waals surface area contributed by atoms with Crippen molar-refractivity contribution in [2.75, 3.05) is 38.1 Å². The number of anilines is 1. The van der Waals surface area contributed by atoms with Gasteiger partial charge in [-0.05, 0) is 49.7 Å². The summed E-state index contributed by atoms with van der Waals surface area (Å²) >= 11 is 7.33. The number of nitrogens with zero attached hydrogens (tertiary/aromatic N) is 2. The molecular weight excluding hydrogens is 462 g/mol. The van der Waals surface area contributed by atoms with E-state index in [1.807, 2.05) is 44.2 Å². The van der Waals surface area contributed by atoms with Crippen LogP contribution in [0.1, 0.15) is 33.3 Å². The van der Waals surface area contributed by atoms with Crippen molar-refractivity contribution in [3.63, 3.8) is 0 Å². The maximum atomic E-state index is 13.0. The number of esters is 1. The fourth-order valence-electron chi connectivity index (χ4n) is 4.30. The van der Waals surface area contributed by atoms with E-state index in [0.29, 0.717) is 17.3 Å². The molecule has 1 aliphatic heterocycles. The van der Waals surface area contributed by atoms with Gasteiger partial charge in [0.25, 0.3) is 0 Å². The fourth-order valence-corrected chi connectivity index (χ4v) is 5.71. The Kier molecular flexibility index (Phi) is 7.98. The van der Waals surface area contributed by atoms with E-state index in [9.17, 15) is 4.79 Å². The molecule has 4 rings (SSSR count). The van der Waals surface area contributed by atoms with E-state index in [2.05, 4.69) is 46.3 Å². The van der Waals surface area contributed by atoms with Crippen LogP contribution in [0.4, 0.5) is 5.00 Å². The van der Waals surface area contributed by atoms with E-state index in [1.165, 1.54) is 11.1 Å². The molecule has 0 amide bonds. The van der Waals surface area contributed by atoms with E-state index in [-0.39, 0.29) is 5.97 Å². The second-order valence-corrected chi connectivity index (χ2v) is 10.1. The molecule has 0 aliphatic carbocycles. The Hall–Kier alpha value is -2.74. The van der Waals surface area contributed by atoms with Gasteiger partial charge in [0.1, 0.15) is 10.6 Å². The highest BCUT2D eigenvalue weighted by molar-refractivity contribution is 7.80. The summed E-state index contributed by atoms with van der Waals surface area (Å²) < 4.78 is 5.42. The summed E-state index contributed by atoms with van der Waals surface area (Å²) in [5, 5.41) is 4.79. The molecule has 0 bridgehead atoms. The summed E-state index contributed by atoms with van der Waals surface area (Å²) in [4.78, 5) is 18.7. The van der Waals surface area contributed by atoms with Crippen molar-refractivity contribution >= 4 is 39.6 Å². The molecule has 5 nitrogen and oxygen atoms in total. The molecule has 0 saturated carbocycles. The molecule has 7 heteroatoms. The predicted octanol–water partition coefficient (Wildman–Crippen LogP) is 5.72. The number of carbonyl (C=O) groups excluding carboxylic acids is 1. The summed E-state index contributed by atoms with van der Waals surface area (Å²) in [6, 6.07) is 18.5. The van der Waals surface area contributed by atoms with Crippen molar-refractivity contribution in [1.82, 2.24) is 9.80 Å². The fraction of sp³-hybridized carbons (Fsp3) is 0.333. The molecular formula is C27H31N3O2S2. The number of hydrogen-bond donors (Lipinski definition) is 1. The summed E-state index contributed by atoms with van der Waals surface area (Å²) in [7, 11) is 0. The minimum absolute atomic E-state index is 0.320. The third kappa shape index (κ3) is 5.49. The van der Waals surface area contributed by atoms with Crippen molar-refractivity contribution < 1.29 is 9.53 Å². The topological polar surface area (TPSA) is 44.8 Å². The monoisotopic (exact) mass is 493 g/mol. The zero-order valence-corrected chi connectivity index (χ0v) is 21.6. The third-order valence-electron chi connectivity index (χ3n) is 6.16. The third-order valence-corrected chi connectivity index (χ3v) is 7.54. The van der Waals surface area contributed by atoms with Gasteiger partial charge in [0.2, 0.25) is 0 Å². The Bertz CT molecular complexity index is 1150. The summed E-state index contributed by atoms with van der Waals surface area (Å²) in [6.45, 7) is 10.9. The second-order valence-electron chi connectivity index (χ2n) is 8.44. The van der Waals surface area contributed by atoms with Gasteiger partial charge in [-0.15, -0.1) is 11.3 Å². The SMILES string of the molecule is CCOC(=O)c1c(NC(=S)N2CCN(Cc3ccccc3C)CC2)sc(C)c1-c1ccccc1. The Labute approximate surface area is 211 Å². The van der Waals surface area contributed by atoms with Gasteiger partial charge >= 0.3 is 5.97 Å². The number of rotatable bonds is 6. The van der Waals surface area contributed by atoms with Crippen LogP contribution in [-0.2, 0) is 11.3 Å². The van der Waals surface area contributed by atoms with E-state index >= 15 is 0 Å². The van der Waals surface area contributed by atoms with Crippen molar-refractivity contribution in [2.24, 2.45) is 0 Å². The average Bonchev–Trinajstić information content (AvgIpc) is 3.17. The molecule has 0 atom stereocenters. The molecule has 0 unspecified atom stereocenters. The number of benzene rings is 2. The highest BCUT2D eigenvalue weighted by Gasteiger charge is 2.26. The van der Waals surface area contributed by atoms with Crippen LogP contribution >= 0.6 is 23.6 Å². The molecule has 0 spiro atoms. The minimum atomic E-state index is -0.320. The first kappa shape index (κ1) is 24.4. The number of nitrogens with one attached hydrogen (secondary N) is 1. The van der Waals surface area contributed by atoms with Crippen LogP contribution < -0.4 is 5.32 Å². The predicted molar refractivity (Wildman–Crippen MR) is 145 cm³/mol. The summed E-state index contributed by atoms with van der Waals surface area (Å²) in [5.74, 6) is -0.320. The zero-order chi connectivity index (χ0) is 24.1. The van der Waals surface area contributed by atoms with Gasteiger partial charge in [0.05, 0.1) is 6.61 Å². The van der Waals surface area contributed by atoms with Gasteiger partial charge in [-0.25, -0.2) is 4.79 Å². The van der Waals surface area contributed by atoms with Crippen molar-refractivity contribution in [3.8, 4) is 11.1 Å². The number of ether oxygens (including phenoxy) is 1. The summed E-state index contributed by atoms with van der Waals surface area (Å²) in [6.07, 6.45) is 0. The first-order valence-electron chi connectivity index (χ1n) is 11.7. The van der Waals surface area contributed by atoms with Gasteiger partial charge in [-0.2, -0.15) is 0 Å². The summed E-state index contributed by atoms with van der Waals surface area (Å²) in [5.41, 5.74) is 5.19. The van der Waals surface area contributed by atoms with Crippen LogP contribution in [0.2, 0.25) is 0 Å². The Morgan fingerprint density at radius 2 is 1.71 bits per heavy atom. The van der Waals surface area contributed by atoms with Crippen LogP contribution in [0.3, 0.4) is 0 Å². The molecule has 1 fully saturated rings. The number of carbonyl (C=O) groups is 1. The van der Waals surface area contributed by atoms with E-state index in [1.54, 1.807) is 11.3 Å².